The molecule has 0 spiro atoms. The molecule has 1 N–H and O–H groups in total. The molecule has 1 heterocycles. The number of aryl methyl sites for hydroxylation is 1. The first-order valence-electron chi connectivity index (χ1n) is 6.95. The summed E-state index contributed by atoms with van der Waals surface area (Å²) in [6, 6.07) is 5.41. The van der Waals surface area contributed by atoms with Crippen LogP contribution in [0.25, 0.3) is 0 Å². The largest absolute Gasteiger partial charge is 0.315 e. The highest BCUT2D eigenvalue weighted by Crippen LogP contribution is 2.25. The van der Waals surface area contributed by atoms with E-state index in [-0.39, 0.29) is 18.4 Å². The zero-order chi connectivity index (χ0) is 14.8. The SMILES string of the molecule is CCCN(C1CCNC1)S(=O)(=O)c1cc(C)cc(Br)c1.Cl. The number of hydrogen-bond acceptors (Lipinski definition) is 3. The minimum atomic E-state index is -3.43. The zero-order valence-corrected chi connectivity index (χ0v) is 15.5. The molecular weight excluding hydrogens is 376 g/mol. The molecule has 4 nitrogen and oxygen atoms in total. The fourth-order valence-corrected chi connectivity index (χ4v) is 5.23. The van der Waals surface area contributed by atoms with Crippen molar-refractivity contribution in [2.45, 2.75) is 37.6 Å². The Morgan fingerprint density at radius 2 is 2.10 bits per heavy atom. The highest BCUT2D eigenvalue weighted by atomic mass is 79.9. The lowest BCUT2D eigenvalue weighted by Gasteiger charge is -2.27. The standard InChI is InChI=1S/C14H21BrN2O2S.ClH/c1-3-6-17(13-4-5-16-10-13)20(18,19)14-8-11(2)7-12(15)9-14;/h7-9,13,16H,3-6,10H2,1-2H3;1H. The van der Waals surface area contributed by atoms with Gasteiger partial charge in [0.1, 0.15) is 0 Å². The third-order valence-electron chi connectivity index (χ3n) is 3.51. The number of halogens is 2. The lowest BCUT2D eigenvalue weighted by atomic mass is 10.2. The average Bonchev–Trinajstić information content (AvgIpc) is 2.88. The molecule has 1 atom stereocenters. The quantitative estimate of drug-likeness (QED) is 0.831. The van der Waals surface area contributed by atoms with Gasteiger partial charge in [0.15, 0.2) is 0 Å². The number of rotatable bonds is 5. The smallest absolute Gasteiger partial charge is 0.243 e. The lowest BCUT2D eigenvalue weighted by Crippen LogP contribution is -2.42. The van der Waals surface area contributed by atoms with Gasteiger partial charge in [0.25, 0.3) is 0 Å². The molecule has 0 aliphatic carbocycles. The van der Waals surface area contributed by atoms with Gasteiger partial charge in [-0.3, -0.25) is 0 Å². The van der Waals surface area contributed by atoms with Crippen molar-refractivity contribution in [2.75, 3.05) is 19.6 Å². The molecule has 0 aromatic heterocycles. The van der Waals surface area contributed by atoms with Gasteiger partial charge < -0.3 is 5.32 Å². The second-order valence-electron chi connectivity index (χ2n) is 5.23. The minimum Gasteiger partial charge on any atom is -0.315 e. The summed E-state index contributed by atoms with van der Waals surface area (Å²) in [5.41, 5.74) is 0.943. The number of nitrogens with one attached hydrogen (secondary N) is 1. The van der Waals surface area contributed by atoms with Crippen LogP contribution in [-0.4, -0.2) is 38.4 Å². The summed E-state index contributed by atoms with van der Waals surface area (Å²) >= 11 is 3.38. The van der Waals surface area contributed by atoms with Crippen LogP contribution >= 0.6 is 28.3 Å². The van der Waals surface area contributed by atoms with Crippen LogP contribution < -0.4 is 5.32 Å². The van der Waals surface area contributed by atoms with Crippen LogP contribution in [0.15, 0.2) is 27.6 Å². The first kappa shape index (κ1) is 18.9. The fourth-order valence-electron chi connectivity index (χ4n) is 2.59. The second-order valence-corrected chi connectivity index (χ2v) is 8.03. The van der Waals surface area contributed by atoms with Crippen LogP contribution in [0.3, 0.4) is 0 Å². The van der Waals surface area contributed by atoms with E-state index < -0.39 is 10.0 Å². The summed E-state index contributed by atoms with van der Waals surface area (Å²) in [5, 5.41) is 3.24. The first-order valence-corrected chi connectivity index (χ1v) is 9.18. The van der Waals surface area contributed by atoms with Crippen LogP contribution in [-0.2, 0) is 10.0 Å². The van der Waals surface area contributed by atoms with Crippen molar-refractivity contribution >= 4 is 38.4 Å². The lowest BCUT2D eigenvalue weighted by molar-refractivity contribution is 0.335. The number of nitrogens with zero attached hydrogens (tertiary/aromatic N) is 1. The molecule has 21 heavy (non-hydrogen) atoms. The molecule has 1 saturated heterocycles. The van der Waals surface area contributed by atoms with Crippen molar-refractivity contribution < 1.29 is 8.42 Å². The van der Waals surface area contributed by atoms with Gasteiger partial charge in [0, 0.05) is 23.6 Å². The Kier molecular flexibility index (Phi) is 7.13. The third-order valence-corrected chi connectivity index (χ3v) is 5.90. The Labute approximate surface area is 141 Å². The maximum atomic E-state index is 12.9. The van der Waals surface area contributed by atoms with Crippen molar-refractivity contribution in [2.24, 2.45) is 0 Å². The molecule has 120 valence electrons. The van der Waals surface area contributed by atoms with Crippen molar-refractivity contribution in [1.82, 2.24) is 9.62 Å². The Hall–Kier alpha value is -0.140. The first-order chi connectivity index (χ1) is 9.45. The summed E-state index contributed by atoms with van der Waals surface area (Å²) in [5.74, 6) is 0. The van der Waals surface area contributed by atoms with E-state index in [1.54, 1.807) is 16.4 Å². The van der Waals surface area contributed by atoms with Gasteiger partial charge in [-0.25, -0.2) is 8.42 Å². The number of hydrogen-bond donors (Lipinski definition) is 1. The fraction of sp³-hybridized carbons (Fsp3) is 0.571. The molecule has 0 radical (unpaired) electrons. The molecule has 0 bridgehead atoms. The second kappa shape index (κ2) is 7.92. The van der Waals surface area contributed by atoms with Crippen LogP contribution in [0.5, 0.6) is 0 Å². The minimum absolute atomic E-state index is 0. The molecular formula is C14H22BrClN2O2S. The molecule has 1 fully saturated rings. The van der Waals surface area contributed by atoms with Crippen molar-refractivity contribution in [3.05, 3.63) is 28.2 Å². The van der Waals surface area contributed by atoms with E-state index in [9.17, 15) is 8.42 Å². The van der Waals surface area contributed by atoms with Crippen LogP contribution in [0.4, 0.5) is 0 Å². The number of sulfonamides is 1. The van der Waals surface area contributed by atoms with E-state index in [4.69, 9.17) is 0 Å². The average molecular weight is 398 g/mol. The van der Waals surface area contributed by atoms with Crippen LogP contribution in [0, 0.1) is 6.92 Å². The van der Waals surface area contributed by atoms with Crippen molar-refractivity contribution in [3.63, 3.8) is 0 Å². The van der Waals surface area contributed by atoms with E-state index in [0.29, 0.717) is 11.4 Å². The van der Waals surface area contributed by atoms with E-state index in [0.717, 1.165) is 36.0 Å². The Morgan fingerprint density at radius 1 is 1.38 bits per heavy atom. The van der Waals surface area contributed by atoms with Crippen molar-refractivity contribution in [1.29, 1.82) is 0 Å². The summed E-state index contributed by atoms with van der Waals surface area (Å²) in [6.45, 7) is 6.12. The van der Waals surface area contributed by atoms with Gasteiger partial charge in [-0.1, -0.05) is 22.9 Å². The maximum absolute atomic E-state index is 12.9. The third kappa shape index (κ3) is 4.42. The summed E-state index contributed by atoms with van der Waals surface area (Å²) < 4.78 is 28.2. The molecule has 0 amide bonds. The van der Waals surface area contributed by atoms with Crippen LogP contribution in [0.2, 0.25) is 0 Å². The normalized spacial score (nSPS) is 18.8. The monoisotopic (exact) mass is 396 g/mol. The summed E-state index contributed by atoms with van der Waals surface area (Å²) in [4.78, 5) is 0.379. The van der Waals surface area contributed by atoms with Gasteiger partial charge in [0.05, 0.1) is 4.90 Å². The molecule has 1 aliphatic rings. The Balaban J connectivity index is 0.00000220. The molecule has 7 heteroatoms. The summed E-state index contributed by atoms with van der Waals surface area (Å²) in [6.07, 6.45) is 1.70. The Morgan fingerprint density at radius 3 is 2.62 bits per heavy atom. The van der Waals surface area contributed by atoms with E-state index >= 15 is 0 Å². The molecule has 1 aromatic rings. The molecule has 1 aromatic carbocycles. The molecule has 1 unspecified atom stereocenters. The van der Waals surface area contributed by atoms with Gasteiger partial charge in [0.2, 0.25) is 10.0 Å². The van der Waals surface area contributed by atoms with Gasteiger partial charge in [-0.2, -0.15) is 4.31 Å². The highest BCUT2D eigenvalue weighted by molar-refractivity contribution is 9.10. The van der Waals surface area contributed by atoms with Gasteiger partial charge >= 0.3 is 0 Å². The number of benzene rings is 1. The van der Waals surface area contributed by atoms with E-state index in [1.165, 1.54) is 0 Å². The molecule has 0 saturated carbocycles. The summed E-state index contributed by atoms with van der Waals surface area (Å²) in [7, 11) is -3.43. The predicted octanol–water partition coefficient (Wildman–Crippen LogP) is 2.94. The van der Waals surface area contributed by atoms with Gasteiger partial charge in [-0.15, -0.1) is 12.4 Å². The topological polar surface area (TPSA) is 49.4 Å². The van der Waals surface area contributed by atoms with Crippen LogP contribution in [0.1, 0.15) is 25.3 Å². The van der Waals surface area contributed by atoms with E-state index in [1.807, 2.05) is 19.9 Å². The molecule has 2 rings (SSSR count). The maximum Gasteiger partial charge on any atom is 0.243 e. The van der Waals surface area contributed by atoms with Gasteiger partial charge in [-0.05, 0) is 50.1 Å². The zero-order valence-electron chi connectivity index (χ0n) is 12.3. The van der Waals surface area contributed by atoms with Crippen molar-refractivity contribution in [3.8, 4) is 0 Å². The highest BCUT2D eigenvalue weighted by Gasteiger charge is 2.32. The Bertz CT molecular complexity index is 554. The predicted molar refractivity (Wildman–Crippen MR) is 91.6 cm³/mol. The van der Waals surface area contributed by atoms with E-state index in [2.05, 4.69) is 21.2 Å². The molecule has 1 aliphatic heterocycles.